The van der Waals surface area contributed by atoms with Crippen LogP contribution in [0.5, 0.6) is 0 Å². The summed E-state index contributed by atoms with van der Waals surface area (Å²) in [7, 11) is 25.0. The second-order valence-electron chi connectivity index (χ2n) is 11.5. The van der Waals surface area contributed by atoms with Gasteiger partial charge in [0.2, 0.25) is 0 Å². The van der Waals surface area contributed by atoms with E-state index in [4.69, 9.17) is 47.7 Å². The summed E-state index contributed by atoms with van der Waals surface area (Å²) in [5, 5.41) is 25.3. The van der Waals surface area contributed by atoms with Gasteiger partial charge >= 0.3 is 0 Å². The molecule has 1 amide bonds. The Morgan fingerprint density at radius 2 is 1.68 bits per heavy atom. The summed E-state index contributed by atoms with van der Waals surface area (Å²) in [5.74, 6) is -1.52. The van der Waals surface area contributed by atoms with E-state index in [1.807, 2.05) is 0 Å². The monoisotopic (exact) mass is 565 g/mol. The van der Waals surface area contributed by atoms with Crippen molar-refractivity contribution >= 4 is 48.9 Å². The summed E-state index contributed by atoms with van der Waals surface area (Å²) in [5.41, 5.74) is -4.01. The zero-order chi connectivity index (χ0) is 30.2. The van der Waals surface area contributed by atoms with Crippen molar-refractivity contribution in [1.29, 1.82) is 0 Å². The van der Waals surface area contributed by atoms with Gasteiger partial charge in [0.05, 0.1) is 50.4 Å². The number of hydrogen-bond acceptors (Lipinski definition) is 6. The van der Waals surface area contributed by atoms with Gasteiger partial charge in [0, 0.05) is 16.0 Å². The summed E-state index contributed by atoms with van der Waals surface area (Å²) in [6.45, 7) is 4.50. The number of fused-ring (bicyclic) bond motifs is 1. The molecule has 3 aromatic rings. The zero-order valence-electron chi connectivity index (χ0n) is 22.9. The zero-order valence-corrected chi connectivity index (χ0v) is 23.6. The lowest BCUT2D eigenvalue weighted by atomic mass is 9.43. The lowest BCUT2D eigenvalue weighted by Crippen LogP contribution is -2.62. The van der Waals surface area contributed by atoms with Gasteiger partial charge in [-0.15, -0.1) is 0 Å². The number of hydrogen-bond donors (Lipinski definition) is 2. The smallest absolute Gasteiger partial charge is 0.257 e. The average Bonchev–Trinajstić information content (AvgIpc) is 3.66. The number of nitrogens with zero attached hydrogens (tertiary/aromatic N) is 3. The number of aliphatic hydroxyl groups is 2. The fraction of sp³-hybridized carbons (Fsp3) is 0.393. The first-order valence-corrected chi connectivity index (χ1v) is 13.3. The third-order valence-electron chi connectivity index (χ3n) is 7.98. The first-order chi connectivity index (χ1) is 18.9. The summed E-state index contributed by atoms with van der Waals surface area (Å²) >= 11 is 6.19. The topological polar surface area (TPSA) is 95.8 Å². The SMILES string of the molecule is [B]C([B])(O)C1(C([B])([B])O[C@]2(c3ccc(Cl)cc3)c3c(F)cc(C(C)(C)O)cc3C(=O)N2Cc2ccc(C)nn2)CC1. The van der Waals surface area contributed by atoms with E-state index in [0.717, 1.165) is 6.07 Å². The number of ether oxygens (including phenoxy) is 1. The Balaban J connectivity index is 1.81. The van der Waals surface area contributed by atoms with Crippen molar-refractivity contribution in [2.45, 2.75) is 62.3 Å². The molecular formula is C28H25B4ClFN3O4. The minimum atomic E-state index is -2.36. The Morgan fingerprint density at radius 1 is 1.05 bits per heavy atom. The number of aryl methyl sites for hydroxylation is 1. The van der Waals surface area contributed by atoms with Crippen LogP contribution in [0.1, 0.15) is 65.1 Å². The lowest BCUT2D eigenvalue weighted by Gasteiger charge is -2.51. The van der Waals surface area contributed by atoms with Crippen LogP contribution in [-0.2, 0) is 22.6 Å². The number of amides is 1. The molecule has 2 aliphatic rings. The third-order valence-corrected chi connectivity index (χ3v) is 8.23. The van der Waals surface area contributed by atoms with E-state index in [9.17, 15) is 15.0 Å². The normalized spacial score (nSPS) is 20.3. The predicted molar refractivity (Wildman–Crippen MR) is 154 cm³/mol. The number of benzene rings is 2. The van der Waals surface area contributed by atoms with Gasteiger partial charge in [-0.25, -0.2) is 4.39 Å². The van der Waals surface area contributed by atoms with E-state index in [2.05, 4.69) is 10.2 Å². The molecule has 0 unspecified atom stereocenters. The van der Waals surface area contributed by atoms with Gasteiger partial charge in [-0.3, -0.25) is 9.69 Å². The highest BCUT2D eigenvalue weighted by Crippen LogP contribution is 2.61. The van der Waals surface area contributed by atoms with Crippen LogP contribution in [0.25, 0.3) is 0 Å². The highest BCUT2D eigenvalue weighted by atomic mass is 35.5. The van der Waals surface area contributed by atoms with Crippen LogP contribution in [0.2, 0.25) is 5.02 Å². The van der Waals surface area contributed by atoms with E-state index < -0.39 is 39.3 Å². The quantitative estimate of drug-likeness (QED) is 0.408. The van der Waals surface area contributed by atoms with Gasteiger partial charge < -0.3 is 14.9 Å². The fourth-order valence-electron chi connectivity index (χ4n) is 5.46. The molecule has 1 atom stereocenters. The van der Waals surface area contributed by atoms with Crippen molar-refractivity contribution < 1.29 is 24.1 Å². The fourth-order valence-corrected chi connectivity index (χ4v) is 5.59. The highest BCUT2D eigenvalue weighted by molar-refractivity contribution is 6.45. The van der Waals surface area contributed by atoms with Gasteiger partial charge in [-0.1, -0.05) is 23.7 Å². The average molecular weight is 565 g/mol. The van der Waals surface area contributed by atoms with Crippen molar-refractivity contribution in [3.63, 3.8) is 0 Å². The molecule has 0 saturated heterocycles. The molecule has 13 heteroatoms. The van der Waals surface area contributed by atoms with Crippen LogP contribution in [0, 0.1) is 18.2 Å². The summed E-state index contributed by atoms with van der Waals surface area (Å²) < 4.78 is 22.9. The Morgan fingerprint density at radius 3 is 2.20 bits per heavy atom. The molecule has 0 spiro atoms. The molecule has 1 aliphatic carbocycles. The van der Waals surface area contributed by atoms with Crippen molar-refractivity contribution in [2.75, 3.05) is 0 Å². The Labute approximate surface area is 248 Å². The third kappa shape index (κ3) is 4.83. The Hall–Kier alpha value is -2.65. The lowest BCUT2D eigenvalue weighted by molar-refractivity contribution is -0.169. The van der Waals surface area contributed by atoms with Crippen LogP contribution in [0.4, 0.5) is 4.39 Å². The highest BCUT2D eigenvalue weighted by Gasteiger charge is 2.65. The van der Waals surface area contributed by atoms with Gasteiger partial charge in [-0.05, 0) is 86.4 Å². The number of aromatic nitrogens is 2. The van der Waals surface area contributed by atoms with Crippen molar-refractivity contribution in [2.24, 2.45) is 5.41 Å². The van der Waals surface area contributed by atoms with E-state index in [1.54, 1.807) is 43.3 Å². The van der Waals surface area contributed by atoms with Gasteiger partial charge in [0.25, 0.3) is 5.91 Å². The number of rotatable bonds is 8. The van der Waals surface area contributed by atoms with E-state index in [-0.39, 0.29) is 41.6 Å². The molecule has 202 valence electrons. The van der Waals surface area contributed by atoms with E-state index in [1.165, 1.54) is 24.8 Å². The standard InChI is InChI=1S/C28H25B4ClFN3O4/c1-15-4-9-19(36-35-15)14-37-23(38)20-12-17(24(2,3)39)13-21(34)22(20)26(37,16-5-7-18(33)8-6-16)41-28(31,32)25(10-11-25)27(29,30)40/h4-9,12-13,39-40H,10-11,14H2,1-3H3/t26-/m1/s1. The van der Waals surface area contributed by atoms with E-state index >= 15 is 4.39 Å². The van der Waals surface area contributed by atoms with Crippen LogP contribution < -0.4 is 0 Å². The molecule has 0 bridgehead atoms. The molecule has 41 heavy (non-hydrogen) atoms. The van der Waals surface area contributed by atoms with Crippen LogP contribution in [0.15, 0.2) is 48.5 Å². The molecule has 2 aromatic carbocycles. The predicted octanol–water partition coefficient (Wildman–Crippen LogP) is 2.43. The van der Waals surface area contributed by atoms with Crippen LogP contribution >= 0.6 is 11.6 Å². The molecule has 1 aromatic heterocycles. The second-order valence-corrected chi connectivity index (χ2v) is 11.9. The van der Waals surface area contributed by atoms with E-state index in [0.29, 0.717) is 16.4 Å². The number of carbonyl (C=O) groups excluding carboxylic acids is 1. The van der Waals surface area contributed by atoms with Gasteiger partial charge in [0.1, 0.15) is 21.5 Å². The second kappa shape index (κ2) is 9.69. The molecule has 8 radical (unpaired) electrons. The molecule has 1 saturated carbocycles. The summed E-state index contributed by atoms with van der Waals surface area (Å²) in [4.78, 5) is 15.5. The first kappa shape index (κ1) is 29.8. The molecule has 5 rings (SSSR count). The first-order valence-electron chi connectivity index (χ1n) is 13.0. The van der Waals surface area contributed by atoms with Crippen molar-refractivity contribution in [1.82, 2.24) is 15.1 Å². The van der Waals surface area contributed by atoms with Crippen molar-refractivity contribution in [3.8, 4) is 0 Å². The molecule has 1 fully saturated rings. The largest absolute Gasteiger partial charge is 0.409 e. The maximum absolute atomic E-state index is 16.4. The number of carbonyl (C=O) groups is 1. The maximum atomic E-state index is 16.4. The molecule has 2 N–H and O–H groups in total. The summed E-state index contributed by atoms with van der Waals surface area (Å²) in [6, 6.07) is 12.1. The molecule has 2 heterocycles. The van der Waals surface area contributed by atoms with Gasteiger partial charge in [-0.2, -0.15) is 10.2 Å². The minimum Gasteiger partial charge on any atom is -0.409 e. The summed E-state index contributed by atoms with van der Waals surface area (Å²) in [6.07, 6.45) is 0.398. The van der Waals surface area contributed by atoms with Gasteiger partial charge in [0.15, 0.2) is 5.72 Å². The number of halogens is 2. The Kier molecular flexibility index (Phi) is 7.05. The molecule has 7 nitrogen and oxygen atoms in total. The van der Waals surface area contributed by atoms with Crippen LogP contribution in [0.3, 0.4) is 0 Å². The maximum Gasteiger partial charge on any atom is 0.257 e. The molecule has 1 aliphatic heterocycles. The minimum absolute atomic E-state index is 0.0893. The Bertz CT molecular complexity index is 1510. The van der Waals surface area contributed by atoms with Crippen molar-refractivity contribution in [3.05, 3.63) is 93.0 Å². The molecular weight excluding hydrogens is 540 g/mol. The van der Waals surface area contributed by atoms with Crippen LogP contribution in [-0.4, -0.2) is 73.4 Å².